The standard InChI is InChI=1S/C13H6BrClF4/c14-6-3-10(18)12(11(19)4-6)13(15)8-5-7(16)1-2-9(8)17/h1-5,13H. The van der Waals surface area contributed by atoms with E-state index in [1.165, 1.54) is 0 Å². The van der Waals surface area contributed by atoms with Crippen molar-refractivity contribution < 1.29 is 17.6 Å². The zero-order valence-electron chi connectivity index (χ0n) is 9.23. The maximum absolute atomic E-state index is 13.7. The number of hydrogen-bond acceptors (Lipinski definition) is 0. The second kappa shape index (κ2) is 5.51. The fraction of sp³-hybridized carbons (Fsp3) is 0.0769. The highest BCUT2D eigenvalue weighted by Gasteiger charge is 2.23. The summed E-state index contributed by atoms with van der Waals surface area (Å²) in [5, 5.41) is -1.45. The van der Waals surface area contributed by atoms with Gasteiger partial charge in [-0.25, -0.2) is 17.6 Å². The average Bonchev–Trinajstić information content (AvgIpc) is 2.30. The van der Waals surface area contributed by atoms with Gasteiger partial charge in [0.25, 0.3) is 0 Å². The van der Waals surface area contributed by atoms with E-state index in [-0.39, 0.29) is 10.0 Å². The first kappa shape index (κ1) is 14.3. The minimum Gasteiger partial charge on any atom is -0.207 e. The molecule has 0 nitrogen and oxygen atoms in total. The van der Waals surface area contributed by atoms with Crippen LogP contribution in [0.25, 0.3) is 0 Å². The van der Waals surface area contributed by atoms with Gasteiger partial charge in [0.2, 0.25) is 0 Å². The summed E-state index contributed by atoms with van der Waals surface area (Å²) in [7, 11) is 0. The first-order valence-corrected chi connectivity index (χ1v) is 6.36. The Morgan fingerprint density at radius 2 is 1.47 bits per heavy atom. The van der Waals surface area contributed by atoms with E-state index in [2.05, 4.69) is 15.9 Å². The summed E-state index contributed by atoms with van der Waals surface area (Å²) >= 11 is 8.79. The zero-order valence-corrected chi connectivity index (χ0v) is 11.6. The molecular weight excluding hydrogens is 347 g/mol. The molecule has 0 saturated heterocycles. The Labute approximate surface area is 120 Å². The van der Waals surface area contributed by atoms with Crippen LogP contribution in [0, 0.1) is 23.3 Å². The normalized spacial score (nSPS) is 12.5. The van der Waals surface area contributed by atoms with Crippen LogP contribution in [0.2, 0.25) is 0 Å². The largest absolute Gasteiger partial charge is 0.207 e. The first-order chi connectivity index (χ1) is 8.90. The van der Waals surface area contributed by atoms with Crippen molar-refractivity contribution in [2.75, 3.05) is 0 Å². The topological polar surface area (TPSA) is 0 Å². The Balaban J connectivity index is 2.56. The van der Waals surface area contributed by atoms with Crippen molar-refractivity contribution in [3.05, 3.63) is 69.2 Å². The number of hydrogen-bond donors (Lipinski definition) is 0. The van der Waals surface area contributed by atoms with Gasteiger partial charge in [0, 0.05) is 15.6 Å². The minimum atomic E-state index is -1.45. The van der Waals surface area contributed by atoms with E-state index in [9.17, 15) is 17.6 Å². The van der Waals surface area contributed by atoms with Gasteiger partial charge in [-0.3, -0.25) is 0 Å². The van der Waals surface area contributed by atoms with Crippen LogP contribution in [-0.2, 0) is 0 Å². The Bertz CT molecular complexity index is 607. The molecule has 6 heteroatoms. The van der Waals surface area contributed by atoms with Gasteiger partial charge in [-0.1, -0.05) is 15.9 Å². The van der Waals surface area contributed by atoms with Crippen molar-refractivity contribution in [3.63, 3.8) is 0 Å². The van der Waals surface area contributed by atoms with Crippen molar-refractivity contribution in [3.8, 4) is 0 Å². The van der Waals surface area contributed by atoms with E-state index in [0.717, 1.165) is 30.3 Å². The molecule has 0 heterocycles. The van der Waals surface area contributed by atoms with Crippen LogP contribution in [0.3, 0.4) is 0 Å². The smallest absolute Gasteiger partial charge is 0.132 e. The van der Waals surface area contributed by atoms with Gasteiger partial charge in [-0.2, -0.15) is 0 Å². The van der Waals surface area contributed by atoms with Gasteiger partial charge in [0.1, 0.15) is 23.3 Å². The summed E-state index contributed by atoms with van der Waals surface area (Å²) < 4.78 is 54.2. The van der Waals surface area contributed by atoms with E-state index in [1.54, 1.807) is 0 Å². The van der Waals surface area contributed by atoms with Crippen molar-refractivity contribution >= 4 is 27.5 Å². The molecule has 0 amide bonds. The average molecular weight is 354 g/mol. The third-order valence-electron chi connectivity index (χ3n) is 2.53. The molecule has 0 fully saturated rings. The third-order valence-corrected chi connectivity index (χ3v) is 3.44. The molecule has 2 aromatic carbocycles. The second-order valence-electron chi connectivity index (χ2n) is 3.81. The molecule has 1 atom stereocenters. The molecule has 0 aliphatic carbocycles. The zero-order chi connectivity index (χ0) is 14.2. The molecule has 0 aliphatic heterocycles. The van der Waals surface area contributed by atoms with Crippen LogP contribution in [0.1, 0.15) is 16.5 Å². The molecule has 2 aromatic rings. The van der Waals surface area contributed by atoms with E-state index in [0.29, 0.717) is 0 Å². The lowest BCUT2D eigenvalue weighted by Crippen LogP contribution is -2.04. The van der Waals surface area contributed by atoms with E-state index < -0.39 is 34.2 Å². The second-order valence-corrected chi connectivity index (χ2v) is 5.16. The summed E-state index contributed by atoms with van der Waals surface area (Å²) in [5.41, 5.74) is -0.837. The number of rotatable bonds is 2. The summed E-state index contributed by atoms with van der Waals surface area (Å²) in [5.74, 6) is -3.44. The Hall–Kier alpha value is -1.07. The van der Waals surface area contributed by atoms with Crippen molar-refractivity contribution in [1.29, 1.82) is 0 Å². The van der Waals surface area contributed by atoms with Gasteiger partial charge >= 0.3 is 0 Å². The van der Waals surface area contributed by atoms with Crippen LogP contribution in [0.15, 0.2) is 34.8 Å². The number of benzene rings is 2. The predicted molar refractivity (Wildman–Crippen MR) is 68.1 cm³/mol. The van der Waals surface area contributed by atoms with Gasteiger partial charge in [-0.15, -0.1) is 11.6 Å². The molecule has 0 N–H and O–H groups in total. The van der Waals surface area contributed by atoms with E-state index >= 15 is 0 Å². The van der Waals surface area contributed by atoms with Crippen LogP contribution in [0.5, 0.6) is 0 Å². The highest BCUT2D eigenvalue weighted by Crippen LogP contribution is 2.35. The summed E-state index contributed by atoms with van der Waals surface area (Å²) in [6, 6.07) is 4.58. The molecule has 100 valence electrons. The molecule has 0 saturated carbocycles. The summed E-state index contributed by atoms with van der Waals surface area (Å²) in [4.78, 5) is 0. The van der Waals surface area contributed by atoms with Crippen LogP contribution in [0.4, 0.5) is 17.6 Å². The maximum atomic E-state index is 13.7. The predicted octanol–water partition coefficient (Wildman–Crippen LogP) is 5.33. The third kappa shape index (κ3) is 2.92. The Morgan fingerprint density at radius 1 is 0.895 bits per heavy atom. The van der Waals surface area contributed by atoms with Gasteiger partial charge in [0.15, 0.2) is 0 Å². The monoisotopic (exact) mass is 352 g/mol. The fourth-order valence-electron chi connectivity index (χ4n) is 1.66. The van der Waals surface area contributed by atoms with Gasteiger partial charge < -0.3 is 0 Å². The van der Waals surface area contributed by atoms with Crippen molar-refractivity contribution in [1.82, 2.24) is 0 Å². The molecule has 0 radical (unpaired) electrons. The Kier molecular flexibility index (Phi) is 4.16. The lowest BCUT2D eigenvalue weighted by Gasteiger charge is -2.13. The van der Waals surface area contributed by atoms with Crippen LogP contribution in [-0.4, -0.2) is 0 Å². The van der Waals surface area contributed by atoms with Crippen LogP contribution >= 0.6 is 27.5 Å². The highest BCUT2D eigenvalue weighted by molar-refractivity contribution is 9.10. The minimum absolute atomic E-state index is 0.190. The molecule has 0 spiro atoms. The van der Waals surface area contributed by atoms with Gasteiger partial charge in [0.05, 0.1) is 5.38 Å². The summed E-state index contributed by atoms with van der Waals surface area (Å²) in [6.07, 6.45) is 0. The molecule has 0 aliphatic rings. The van der Waals surface area contributed by atoms with E-state index in [4.69, 9.17) is 11.6 Å². The Morgan fingerprint density at radius 3 is 2.05 bits per heavy atom. The lowest BCUT2D eigenvalue weighted by molar-refractivity contribution is 0.548. The van der Waals surface area contributed by atoms with Gasteiger partial charge in [-0.05, 0) is 30.3 Å². The highest BCUT2D eigenvalue weighted by atomic mass is 79.9. The molecule has 0 aromatic heterocycles. The lowest BCUT2D eigenvalue weighted by atomic mass is 10.0. The molecular formula is C13H6BrClF4. The quantitative estimate of drug-likeness (QED) is 0.505. The molecule has 19 heavy (non-hydrogen) atoms. The number of alkyl halides is 1. The summed E-state index contributed by atoms with van der Waals surface area (Å²) in [6.45, 7) is 0. The van der Waals surface area contributed by atoms with Crippen LogP contribution < -0.4 is 0 Å². The van der Waals surface area contributed by atoms with Crippen molar-refractivity contribution in [2.45, 2.75) is 5.38 Å². The molecule has 1 unspecified atom stereocenters. The molecule has 2 rings (SSSR count). The van der Waals surface area contributed by atoms with E-state index in [1.807, 2.05) is 0 Å². The SMILES string of the molecule is Fc1ccc(F)c(C(Cl)c2c(F)cc(Br)cc2F)c1. The fourth-order valence-corrected chi connectivity index (χ4v) is 2.44. The maximum Gasteiger partial charge on any atom is 0.132 e. The molecule has 0 bridgehead atoms. The number of halogens is 6. The van der Waals surface area contributed by atoms with Crippen molar-refractivity contribution in [2.24, 2.45) is 0 Å². The first-order valence-electron chi connectivity index (χ1n) is 5.13.